The first-order valence-electron chi connectivity index (χ1n) is 9.24. The summed E-state index contributed by atoms with van der Waals surface area (Å²) in [5.41, 5.74) is 1.22. The minimum absolute atomic E-state index is 0.0207. The zero-order valence-corrected chi connectivity index (χ0v) is 16.8. The normalized spacial score (nSPS) is 24.5. The molecule has 2 atom stereocenters. The Morgan fingerprint density at radius 2 is 2.04 bits per heavy atom. The Hall–Kier alpha value is -2.03. The van der Waals surface area contributed by atoms with Crippen LogP contribution in [0.1, 0.15) is 28.9 Å². The van der Waals surface area contributed by atoms with E-state index in [1.807, 2.05) is 12.1 Å². The third-order valence-corrected chi connectivity index (χ3v) is 8.11. The maximum Gasteiger partial charge on any atom is 0.272 e. The summed E-state index contributed by atoms with van der Waals surface area (Å²) in [5, 5.41) is 0.150. The summed E-state index contributed by atoms with van der Waals surface area (Å²) in [6.45, 7) is 1.76. The molecule has 2 aliphatic rings. The molecule has 0 bridgehead atoms. The van der Waals surface area contributed by atoms with Crippen LogP contribution in [-0.4, -0.2) is 58.4 Å². The van der Waals surface area contributed by atoms with Gasteiger partial charge < -0.3 is 4.90 Å². The molecule has 3 heterocycles. The number of hydrogen-bond acceptors (Lipinski definition) is 5. The van der Waals surface area contributed by atoms with Gasteiger partial charge in [0.05, 0.1) is 5.25 Å². The van der Waals surface area contributed by atoms with Gasteiger partial charge in [0.1, 0.15) is 12.0 Å². The van der Waals surface area contributed by atoms with E-state index in [2.05, 4.69) is 9.97 Å². The van der Waals surface area contributed by atoms with Crippen molar-refractivity contribution < 1.29 is 13.2 Å². The highest BCUT2D eigenvalue weighted by Gasteiger charge is 2.47. The fourth-order valence-electron chi connectivity index (χ4n) is 4.07. The quantitative estimate of drug-likeness (QED) is 0.760. The number of fused-ring (bicyclic) bond motifs is 1. The van der Waals surface area contributed by atoms with Crippen molar-refractivity contribution in [3.8, 4) is 0 Å². The molecule has 148 valence electrons. The topological polar surface area (TPSA) is 83.5 Å². The van der Waals surface area contributed by atoms with Crippen LogP contribution in [0, 0.1) is 5.92 Å². The fraction of sp³-hybridized carbons (Fsp3) is 0.421. The molecule has 1 aromatic carbocycles. The van der Waals surface area contributed by atoms with E-state index < -0.39 is 15.3 Å². The Labute approximate surface area is 169 Å². The van der Waals surface area contributed by atoms with Crippen LogP contribution in [0.2, 0.25) is 5.02 Å². The number of hydrogen-bond donors (Lipinski definition) is 0. The van der Waals surface area contributed by atoms with E-state index in [-0.39, 0.29) is 11.8 Å². The second kappa shape index (κ2) is 7.77. The summed E-state index contributed by atoms with van der Waals surface area (Å²) < 4.78 is 27.7. The van der Waals surface area contributed by atoms with E-state index >= 15 is 0 Å². The second-order valence-electron chi connectivity index (χ2n) is 7.23. The van der Waals surface area contributed by atoms with Crippen molar-refractivity contribution in [1.82, 2.24) is 19.2 Å². The fourth-order valence-corrected chi connectivity index (χ4v) is 6.51. The maximum atomic E-state index is 13.1. The van der Waals surface area contributed by atoms with Crippen molar-refractivity contribution >= 4 is 27.5 Å². The largest absolute Gasteiger partial charge is 0.337 e. The Kier molecular flexibility index (Phi) is 5.35. The molecule has 1 amide bonds. The molecule has 7 nitrogen and oxygen atoms in total. The molecule has 2 aromatic rings. The van der Waals surface area contributed by atoms with E-state index in [0.29, 0.717) is 49.7 Å². The molecule has 2 saturated heterocycles. The van der Waals surface area contributed by atoms with Gasteiger partial charge >= 0.3 is 0 Å². The SMILES string of the molecule is O=C(c1ccncn1)N1CC[C@@H]2CN(Cc3cccc(Cl)c3)S(=O)(=O)[C@@H]2CC1. The number of likely N-dealkylation sites (tertiary alicyclic amines) is 1. The molecule has 0 unspecified atom stereocenters. The number of rotatable bonds is 3. The van der Waals surface area contributed by atoms with Crippen molar-refractivity contribution in [2.24, 2.45) is 5.92 Å². The Morgan fingerprint density at radius 3 is 2.79 bits per heavy atom. The van der Waals surface area contributed by atoms with Gasteiger partial charge in [0.25, 0.3) is 5.91 Å². The molecule has 0 radical (unpaired) electrons. The lowest BCUT2D eigenvalue weighted by Crippen LogP contribution is -2.35. The summed E-state index contributed by atoms with van der Waals surface area (Å²) in [6.07, 6.45) is 3.98. The molecule has 9 heteroatoms. The number of benzene rings is 1. The lowest BCUT2D eigenvalue weighted by atomic mass is 10.0. The predicted octanol–water partition coefficient (Wildman–Crippen LogP) is 2.20. The van der Waals surface area contributed by atoms with Gasteiger partial charge in [-0.05, 0) is 42.5 Å². The average Bonchev–Trinajstić information content (AvgIpc) is 2.83. The predicted molar refractivity (Wildman–Crippen MR) is 105 cm³/mol. The summed E-state index contributed by atoms with van der Waals surface area (Å²) >= 11 is 6.03. The van der Waals surface area contributed by atoms with Crippen molar-refractivity contribution in [3.05, 3.63) is 59.1 Å². The Morgan fingerprint density at radius 1 is 1.21 bits per heavy atom. The first kappa shape index (κ1) is 19.3. The van der Waals surface area contributed by atoms with Crippen molar-refractivity contribution in [2.45, 2.75) is 24.6 Å². The summed E-state index contributed by atoms with van der Waals surface area (Å²) in [6, 6.07) is 8.87. The van der Waals surface area contributed by atoms with Gasteiger partial charge in [-0.3, -0.25) is 4.79 Å². The molecule has 0 saturated carbocycles. The van der Waals surface area contributed by atoms with Crippen LogP contribution in [0.25, 0.3) is 0 Å². The highest BCUT2D eigenvalue weighted by atomic mass is 35.5. The number of carbonyl (C=O) groups excluding carboxylic acids is 1. The van der Waals surface area contributed by atoms with E-state index in [1.165, 1.54) is 12.5 Å². The Bertz CT molecular complexity index is 970. The number of aromatic nitrogens is 2. The average molecular weight is 421 g/mol. The van der Waals surface area contributed by atoms with Gasteiger partial charge in [-0.1, -0.05) is 23.7 Å². The third-order valence-electron chi connectivity index (χ3n) is 5.50. The molecular formula is C19H21ClN4O3S. The lowest BCUT2D eigenvalue weighted by molar-refractivity contribution is 0.0753. The van der Waals surface area contributed by atoms with Gasteiger partial charge in [-0.25, -0.2) is 18.4 Å². The van der Waals surface area contributed by atoms with Gasteiger partial charge in [-0.15, -0.1) is 0 Å². The molecule has 28 heavy (non-hydrogen) atoms. The highest BCUT2D eigenvalue weighted by molar-refractivity contribution is 7.90. The maximum absolute atomic E-state index is 13.1. The number of amides is 1. The van der Waals surface area contributed by atoms with Gasteiger partial charge in [0.2, 0.25) is 10.0 Å². The second-order valence-corrected chi connectivity index (χ2v) is 9.82. The van der Waals surface area contributed by atoms with E-state index in [0.717, 1.165) is 5.56 Å². The lowest BCUT2D eigenvalue weighted by Gasteiger charge is -2.22. The number of nitrogens with zero attached hydrogens (tertiary/aromatic N) is 4. The first-order chi connectivity index (χ1) is 13.4. The van der Waals surface area contributed by atoms with Crippen LogP contribution in [-0.2, 0) is 16.6 Å². The molecule has 0 spiro atoms. The Balaban J connectivity index is 1.46. The highest BCUT2D eigenvalue weighted by Crippen LogP contribution is 2.35. The van der Waals surface area contributed by atoms with Gasteiger partial charge in [0, 0.05) is 37.4 Å². The number of halogens is 1. The molecule has 0 N–H and O–H groups in total. The zero-order chi connectivity index (χ0) is 19.7. The molecular weight excluding hydrogens is 400 g/mol. The van der Waals surface area contributed by atoms with Crippen LogP contribution >= 0.6 is 11.6 Å². The minimum atomic E-state index is -3.41. The summed E-state index contributed by atoms with van der Waals surface area (Å²) in [5.74, 6) is -0.150. The van der Waals surface area contributed by atoms with Gasteiger partial charge in [-0.2, -0.15) is 4.31 Å². The van der Waals surface area contributed by atoms with Crippen molar-refractivity contribution in [1.29, 1.82) is 0 Å². The molecule has 2 fully saturated rings. The van der Waals surface area contributed by atoms with Crippen LogP contribution < -0.4 is 0 Å². The minimum Gasteiger partial charge on any atom is -0.337 e. The third kappa shape index (κ3) is 3.76. The van der Waals surface area contributed by atoms with Crippen LogP contribution in [0.4, 0.5) is 0 Å². The van der Waals surface area contributed by atoms with Crippen molar-refractivity contribution in [3.63, 3.8) is 0 Å². The number of carbonyl (C=O) groups is 1. The standard InChI is InChI=1S/C19H21ClN4O3S/c20-16-3-1-2-14(10-16)11-24-12-15-5-8-23(9-6-18(15)28(24,26)27)19(25)17-4-7-21-13-22-17/h1-4,7,10,13,15,18H,5-6,8-9,11-12H2/t15-,18-/m1/s1. The molecule has 4 rings (SSSR count). The molecule has 1 aromatic heterocycles. The van der Waals surface area contributed by atoms with Gasteiger partial charge in [0.15, 0.2) is 0 Å². The van der Waals surface area contributed by atoms with E-state index in [4.69, 9.17) is 11.6 Å². The summed E-state index contributed by atoms with van der Waals surface area (Å²) in [4.78, 5) is 22.2. The zero-order valence-electron chi connectivity index (χ0n) is 15.2. The summed E-state index contributed by atoms with van der Waals surface area (Å²) in [7, 11) is -3.41. The van der Waals surface area contributed by atoms with Crippen LogP contribution in [0.3, 0.4) is 0 Å². The smallest absolute Gasteiger partial charge is 0.272 e. The van der Waals surface area contributed by atoms with Crippen LogP contribution in [0.5, 0.6) is 0 Å². The number of sulfonamides is 1. The molecule has 0 aliphatic carbocycles. The van der Waals surface area contributed by atoms with E-state index in [9.17, 15) is 13.2 Å². The monoisotopic (exact) mass is 420 g/mol. The first-order valence-corrected chi connectivity index (χ1v) is 11.1. The molecule has 2 aliphatic heterocycles. The van der Waals surface area contributed by atoms with E-state index in [1.54, 1.807) is 27.4 Å². The van der Waals surface area contributed by atoms with Crippen molar-refractivity contribution in [2.75, 3.05) is 19.6 Å². The van der Waals surface area contributed by atoms with Crippen LogP contribution in [0.15, 0.2) is 42.9 Å².